The number of phenolic OH excluding ortho intramolecular Hbond substituents is 1. The minimum Gasteiger partial charge on any atom is -0.508 e. The number of amides is 1. The second-order valence-corrected chi connectivity index (χ2v) is 12.2. The highest BCUT2D eigenvalue weighted by Gasteiger charge is 2.76. The normalized spacial score (nSPS) is 39.1. The van der Waals surface area contributed by atoms with Crippen molar-refractivity contribution in [1.82, 2.24) is 14.8 Å². The second-order valence-electron chi connectivity index (χ2n) is 12.2. The molecule has 3 unspecified atom stereocenters. The zero-order valence-electron chi connectivity index (χ0n) is 20.1. The molecular formula is C29H33N3O3. The van der Waals surface area contributed by atoms with Gasteiger partial charge in [0.25, 0.3) is 5.91 Å². The number of likely N-dealkylation sites (tertiary alicyclic amines) is 2. The molecule has 1 aromatic carbocycles. The zero-order valence-corrected chi connectivity index (χ0v) is 20.1. The molecule has 6 nitrogen and oxygen atoms in total. The first kappa shape index (κ1) is 20.6. The Morgan fingerprint density at radius 1 is 1.11 bits per heavy atom. The number of aromatic amines is 1. The van der Waals surface area contributed by atoms with Crippen molar-refractivity contribution in [2.24, 2.45) is 17.3 Å². The van der Waals surface area contributed by atoms with Crippen molar-refractivity contribution in [2.75, 3.05) is 13.1 Å². The summed E-state index contributed by atoms with van der Waals surface area (Å²) in [5.74, 6) is 1.27. The minimum atomic E-state index is -0.223. The lowest BCUT2D eigenvalue weighted by Gasteiger charge is -2.68. The van der Waals surface area contributed by atoms with Gasteiger partial charge < -0.3 is 15.0 Å². The van der Waals surface area contributed by atoms with E-state index in [4.69, 9.17) is 0 Å². The molecule has 0 spiro atoms. The summed E-state index contributed by atoms with van der Waals surface area (Å²) in [6.07, 6.45) is 9.68. The van der Waals surface area contributed by atoms with Crippen molar-refractivity contribution in [3.8, 4) is 5.75 Å². The molecule has 6 heteroatoms. The van der Waals surface area contributed by atoms with Crippen LogP contribution in [0.1, 0.15) is 66.6 Å². The largest absolute Gasteiger partial charge is 0.508 e. The summed E-state index contributed by atoms with van der Waals surface area (Å²) in [5, 5.41) is 10.6. The van der Waals surface area contributed by atoms with E-state index in [0.717, 1.165) is 44.8 Å². The van der Waals surface area contributed by atoms with Crippen LogP contribution >= 0.6 is 0 Å². The smallest absolute Gasteiger partial charge is 0.270 e. The van der Waals surface area contributed by atoms with Gasteiger partial charge in [0.15, 0.2) is 0 Å². The van der Waals surface area contributed by atoms with Crippen molar-refractivity contribution in [3.05, 3.63) is 63.6 Å². The van der Waals surface area contributed by atoms with E-state index in [1.165, 1.54) is 42.9 Å². The van der Waals surface area contributed by atoms with E-state index in [-0.39, 0.29) is 28.3 Å². The molecule has 4 bridgehead atoms. The average molecular weight is 472 g/mol. The third-order valence-corrected chi connectivity index (χ3v) is 11.3. The van der Waals surface area contributed by atoms with Gasteiger partial charge in [0, 0.05) is 36.2 Å². The maximum Gasteiger partial charge on any atom is 0.270 e. The summed E-state index contributed by atoms with van der Waals surface area (Å²) in [4.78, 5) is 33.3. The van der Waals surface area contributed by atoms with Crippen LogP contribution in [0, 0.1) is 17.3 Å². The molecule has 4 aliphatic carbocycles. The molecular weight excluding hydrogens is 438 g/mol. The maximum absolute atomic E-state index is 13.6. The third-order valence-electron chi connectivity index (χ3n) is 11.3. The Kier molecular flexibility index (Phi) is 3.99. The standard InChI is InChI=1S/C29H33N3O3/c33-20-8-7-17-13-24-28-10-9-23-26(29(28,21(17)14-20)11-12-31(24)19-3-1-4-19)18(15-28)16-32(23)27(35)22-5-2-6-25(34)30-22/h2,5-8,14,18-19,23-24,26,33H,1,3-4,9-13,15-16H2,(H,30,34)/t18-,23?,24-,26?,28-,29?/m1/s1. The molecule has 0 radical (unpaired) electrons. The van der Waals surface area contributed by atoms with Crippen LogP contribution in [0.25, 0.3) is 0 Å². The van der Waals surface area contributed by atoms with Crippen LogP contribution in [0.2, 0.25) is 0 Å². The molecule has 8 rings (SSSR count). The number of benzene rings is 1. The summed E-state index contributed by atoms with van der Waals surface area (Å²) in [6.45, 7) is 1.93. The molecule has 6 atom stereocenters. The molecule has 2 saturated heterocycles. The number of hydrogen-bond acceptors (Lipinski definition) is 4. The molecule has 35 heavy (non-hydrogen) atoms. The molecule has 182 valence electrons. The van der Waals surface area contributed by atoms with E-state index in [9.17, 15) is 14.7 Å². The van der Waals surface area contributed by atoms with E-state index < -0.39 is 0 Å². The number of carbonyl (C=O) groups excluding carboxylic acids is 1. The van der Waals surface area contributed by atoms with E-state index >= 15 is 0 Å². The van der Waals surface area contributed by atoms with Gasteiger partial charge in [-0.3, -0.25) is 14.5 Å². The van der Waals surface area contributed by atoms with E-state index in [2.05, 4.69) is 26.9 Å². The van der Waals surface area contributed by atoms with Gasteiger partial charge in [-0.2, -0.15) is 0 Å². The summed E-state index contributed by atoms with van der Waals surface area (Å²) in [5.41, 5.74) is 3.29. The van der Waals surface area contributed by atoms with E-state index in [0.29, 0.717) is 29.3 Å². The van der Waals surface area contributed by atoms with Crippen LogP contribution in [-0.2, 0) is 11.8 Å². The molecule has 1 amide bonds. The highest BCUT2D eigenvalue weighted by atomic mass is 16.3. The number of H-pyrrole nitrogens is 1. The number of pyridine rings is 1. The number of piperidine rings is 1. The quantitative estimate of drug-likeness (QED) is 0.704. The second kappa shape index (κ2) is 6.78. The molecule has 2 aromatic rings. The molecule has 1 aromatic heterocycles. The topological polar surface area (TPSA) is 76.6 Å². The molecule has 3 heterocycles. The van der Waals surface area contributed by atoms with Gasteiger partial charge in [-0.05, 0) is 98.1 Å². The van der Waals surface area contributed by atoms with Gasteiger partial charge in [0.2, 0.25) is 5.56 Å². The summed E-state index contributed by atoms with van der Waals surface area (Å²) < 4.78 is 0. The van der Waals surface area contributed by atoms with Crippen LogP contribution in [-0.4, -0.2) is 57.0 Å². The van der Waals surface area contributed by atoms with Gasteiger partial charge in [-0.15, -0.1) is 0 Å². The van der Waals surface area contributed by atoms with Gasteiger partial charge in [0.05, 0.1) is 0 Å². The Morgan fingerprint density at radius 2 is 2.00 bits per heavy atom. The number of fused-ring (bicyclic) bond motifs is 1. The van der Waals surface area contributed by atoms with Crippen molar-refractivity contribution in [1.29, 1.82) is 0 Å². The lowest BCUT2D eigenvalue weighted by atomic mass is 9.43. The number of nitrogens with zero attached hydrogens (tertiary/aromatic N) is 2. The molecule has 2 N–H and O–H groups in total. The Morgan fingerprint density at radius 3 is 2.80 bits per heavy atom. The monoisotopic (exact) mass is 471 g/mol. The first-order valence-electron chi connectivity index (χ1n) is 13.6. The Labute approximate surface area is 205 Å². The number of carbonyl (C=O) groups is 1. The van der Waals surface area contributed by atoms with Crippen molar-refractivity contribution >= 4 is 5.91 Å². The van der Waals surface area contributed by atoms with Gasteiger partial charge in [0.1, 0.15) is 11.4 Å². The number of nitrogens with one attached hydrogen (secondary N) is 1. The summed E-state index contributed by atoms with van der Waals surface area (Å²) >= 11 is 0. The van der Waals surface area contributed by atoms with Crippen molar-refractivity contribution < 1.29 is 9.90 Å². The maximum atomic E-state index is 13.6. The minimum absolute atomic E-state index is 0.0265. The fraction of sp³-hybridized carbons (Fsp3) is 0.586. The zero-order chi connectivity index (χ0) is 23.5. The summed E-state index contributed by atoms with van der Waals surface area (Å²) in [6, 6.07) is 12.6. The predicted octanol–water partition coefficient (Wildman–Crippen LogP) is 3.44. The highest BCUT2D eigenvalue weighted by molar-refractivity contribution is 5.92. The highest BCUT2D eigenvalue weighted by Crippen LogP contribution is 2.75. The Hall–Kier alpha value is -2.60. The number of rotatable bonds is 2. The van der Waals surface area contributed by atoms with E-state index in [1.807, 2.05) is 6.07 Å². The van der Waals surface area contributed by atoms with Gasteiger partial charge >= 0.3 is 0 Å². The van der Waals surface area contributed by atoms with Crippen molar-refractivity contribution in [2.45, 2.75) is 74.9 Å². The van der Waals surface area contributed by atoms with Crippen LogP contribution in [0.15, 0.2) is 41.2 Å². The third kappa shape index (κ3) is 2.40. The molecule has 5 fully saturated rings. The van der Waals surface area contributed by atoms with Crippen LogP contribution in [0.3, 0.4) is 0 Å². The first-order valence-corrected chi connectivity index (χ1v) is 13.6. The number of hydrogen-bond donors (Lipinski definition) is 2. The number of aromatic nitrogens is 1. The lowest BCUT2D eigenvalue weighted by Crippen LogP contribution is -2.71. The molecule has 3 saturated carbocycles. The summed E-state index contributed by atoms with van der Waals surface area (Å²) in [7, 11) is 0. The Bertz CT molecular complexity index is 1300. The van der Waals surface area contributed by atoms with Gasteiger partial charge in [-0.1, -0.05) is 18.6 Å². The van der Waals surface area contributed by atoms with Crippen molar-refractivity contribution in [3.63, 3.8) is 0 Å². The van der Waals surface area contributed by atoms with Crippen LogP contribution in [0.4, 0.5) is 0 Å². The number of phenols is 1. The van der Waals surface area contributed by atoms with Crippen LogP contribution < -0.4 is 5.56 Å². The fourth-order valence-corrected chi connectivity index (χ4v) is 10.2. The van der Waals surface area contributed by atoms with Gasteiger partial charge in [-0.25, -0.2) is 0 Å². The predicted molar refractivity (Wildman–Crippen MR) is 131 cm³/mol. The molecule has 2 aliphatic heterocycles. The lowest BCUT2D eigenvalue weighted by molar-refractivity contribution is -0.122. The average Bonchev–Trinajstić information content (AvgIpc) is 3.26. The SMILES string of the molecule is O=C(c1cccc(=O)[nH]1)N1C[C@H]2C[C@@]34CCC1C2C31CCN(C2CCC2)[C@@H]4Cc2ccc(O)cc21. The van der Waals surface area contributed by atoms with E-state index in [1.54, 1.807) is 12.1 Å². The first-order chi connectivity index (χ1) is 17.0. The Balaban J connectivity index is 1.26. The number of aromatic hydroxyl groups is 1. The van der Waals surface area contributed by atoms with Crippen LogP contribution in [0.5, 0.6) is 5.75 Å². The fourth-order valence-electron chi connectivity index (χ4n) is 10.2. The molecule has 6 aliphatic rings.